The van der Waals surface area contributed by atoms with E-state index in [-0.39, 0.29) is 35.1 Å². The lowest BCUT2D eigenvalue weighted by molar-refractivity contribution is 0.0702. The van der Waals surface area contributed by atoms with Gasteiger partial charge < -0.3 is 10.2 Å². The Hall–Kier alpha value is -1.96. The lowest BCUT2D eigenvalue weighted by Gasteiger charge is -2.26. The SMILES string of the molecule is CCCCNC(=O)c1ccnc(C(=O)N(CC)C2CCS(=O)(=O)C2)c1. The number of nitrogens with zero attached hydrogens (tertiary/aromatic N) is 2. The Balaban J connectivity index is 2.13. The van der Waals surface area contributed by atoms with Crippen molar-refractivity contribution in [3.63, 3.8) is 0 Å². The number of rotatable bonds is 7. The second-order valence-electron chi connectivity index (χ2n) is 6.19. The molecule has 0 bridgehead atoms. The Morgan fingerprint density at radius 1 is 1.36 bits per heavy atom. The third-order valence-corrected chi connectivity index (χ3v) is 6.06. The maximum absolute atomic E-state index is 12.7. The first-order valence-corrected chi connectivity index (χ1v) is 10.5. The van der Waals surface area contributed by atoms with Gasteiger partial charge in [-0.25, -0.2) is 8.42 Å². The van der Waals surface area contributed by atoms with Crippen LogP contribution in [0.25, 0.3) is 0 Å². The number of aromatic nitrogens is 1. The molecule has 1 aliphatic rings. The first-order chi connectivity index (χ1) is 11.9. The number of sulfone groups is 1. The van der Waals surface area contributed by atoms with Crippen molar-refractivity contribution >= 4 is 21.7 Å². The van der Waals surface area contributed by atoms with Gasteiger partial charge in [-0.05, 0) is 31.9 Å². The molecule has 2 rings (SSSR count). The molecule has 0 radical (unpaired) electrons. The van der Waals surface area contributed by atoms with Crippen LogP contribution in [0.1, 0.15) is 54.0 Å². The van der Waals surface area contributed by atoms with Crippen molar-refractivity contribution in [1.82, 2.24) is 15.2 Å². The fraction of sp³-hybridized carbons (Fsp3) is 0.588. The normalized spacial score (nSPS) is 18.7. The molecule has 0 aliphatic carbocycles. The lowest BCUT2D eigenvalue weighted by atomic mass is 10.1. The minimum atomic E-state index is -3.08. The zero-order valence-electron chi connectivity index (χ0n) is 14.7. The van der Waals surface area contributed by atoms with Crippen LogP contribution in [-0.2, 0) is 9.84 Å². The van der Waals surface area contributed by atoms with Gasteiger partial charge in [0, 0.05) is 30.9 Å². The smallest absolute Gasteiger partial charge is 0.272 e. The molecule has 1 aliphatic heterocycles. The van der Waals surface area contributed by atoms with Crippen LogP contribution < -0.4 is 5.32 Å². The van der Waals surface area contributed by atoms with Crippen molar-refractivity contribution in [1.29, 1.82) is 0 Å². The van der Waals surface area contributed by atoms with E-state index in [1.54, 1.807) is 6.07 Å². The van der Waals surface area contributed by atoms with Crippen molar-refractivity contribution in [3.8, 4) is 0 Å². The zero-order chi connectivity index (χ0) is 18.4. The molecule has 1 aromatic rings. The average Bonchev–Trinajstić information content (AvgIpc) is 2.95. The lowest BCUT2D eigenvalue weighted by Crippen LogP contribution is -2.41. The van der Waals surface area contributed by atoms with Gasteiger partial charge in [0.25, 0.3) is 11.8 Å². The zero-order valence-corrected chi connectivity index (χ0v) is 15.5. The standard InChI is InChI=1S/C17H25N3O4S/c1-3-5-8-19-16(21)13-6-9-18-15(11-13)17(22)20(4-2)14-7-10-25(23,24)12-14/h6,9,11,14H,3-5,7-8,10,12H2,1-2H3,(H,19,21). The monoisotopic (exact) mass is 367 g/mol. The summed E-state index contributed by atoms with van der Waals surface area (Å²) >= 11 is 0. The summed E-state index contributed by atoms with van der Waals surface area (Å²) < 4.78 is 23.4. The van der Waals surface area contributed by atoms with Crippen LogP contribution in [0.4, 0.5) is 0 Å². The summed E-state index contributed by atoms with van der Waals surface area (Å²) in [5.74, 6) is -0.484. The number of carbonyl (C=O) groups excluding carboxylic acids is 2. The molecule has 1 N–H and O–H groups in total. The Kier molecular flexibility index (Phi) is 6.52. The Morgan fingerprint density at radius 2 is 2.12 bits per heavy atom. The van der Waals surface area contributed by atoms with E-state index in [2.05, 4.69) is 10.3 Å². The Labute approximate surface area is 148 Å². The van der Waals surface area contributed by atoms with Gasteiger partial charge in [-0.2, -0.15) is 0 Å². The van der Waals surface area contributed by atoms with E-state index in [1.165, 1.54) is 17.2 Å². The molecule has 138 valence electrons. The minimum Gasteiger partial charge on any atom is -0.352 e. The van der Waals surface area contributed by atoms with Crippen LogP contribution in [0.3, 0.4) is 0 Å². The van der Waals surface area contributed by atoms with Gasteiger partial charge >= 0.3 is 0 Å². The van der Waals surface area contributed by atoms with Crippen LogP contribution >= 0.6 is 0 Å². The number of hydrogen-bond acceptors (Lipinski definition) is 5. The van der Waals surface area contributed by atoms with Gasteiger partial charge in [0.2, 0.25) is 0 Å². The predicted octanol–water partition coefficient (Wildman–Crippen LogP) is 1.26. The van der Waals surface area contributed by atoms with Crippen molar-refractivity contribution in [3.05, 3.63) is 29.6 Å². The quantitative estimate of drug-likeness (QED) is 0.732. The van der Waals surface area contributed by atoms with Crippen LogP contribution in [0.2, 0.25) is 0 Å². The number of amides is 2. The molecule has 1 atom stereocenters. The molecule has 2 amide bonds. The second kappa shape index (κ2) is 8.42. The highest BCUT2D eigenvalue weighted by Gasteiger charge is 2.34. The van der Waals surface area contributed by atoms with E-state index in [9.17, 15) is 18.0 Å². The van der Waals surface area contributed by atoms with Gasteiger partial charge in [-0.1, -0.05) is 13.3 Å². The summed E-state index contributed by atoms with van der Waals surface area (Å²) in [4.78, 5) is 30.5. The van der Waals surface area contributed by atoms with E-state index in [0.717, 1.165) is 12.8 Å². The highest BCUT2D eigenvalue weighted by molar-refractivity contribution is 7.91. The largest absolute Gasteiger partial charge is 0.352 e. The molecule has 7 nitrogen and oxygen atoms in total. The molecule has 1 unspecified atom stereocenters. The summed E-state index contributed by atoms with van der Waals surface area (Å²) in [6.45, 7) is 4.83. The molecule has 8 heteroatoms. The van der Waals surface area contributed by atoms with Gasteiger partial charge in [0.15, 0.2) is 9.84 Å². The van der Waals surface area contributed by atoms with E-state index < -0.39 is 9.84 Å². The average molecular weight is 367 g/mol. The van der Waals surface area contributed by atoms with Gasteiger partial charge in [0.1, 0.15) is 5.69 Å². The number of hydrogen-bond donors (Lipinski definition) is 1. The summed E-state index contributed by atoms with van der Waals surface area (Å²) in [6.07, 6.45) is 3.75. The summed E-state index contributed by atoms with van der Waals surface area (Å²) in [7, 11) is -3.08. The number of pyridine rings is 1. The molecule has 0 spiro atoms. The topological polar surface area (TPSA) is 96.4 Å². The molecule has 25 heavy (non-hydrogen) atoms. The highest BCUT2D eigenvalue weighted by atomic mass is 32.2. The van der Waals surface area contributed by atoms with E-state index in [0.29, 0.717) is 25.1 Å². The van der Waals surface area contributed by atoms with Crippen molar-refractivity contribution in [2.24, 2.45) is 0 Å². The predicted molar refractivity (Wildman–Crippen MR) is 95.2 cm³/mol. The van der Waals surface area contributed by atoms with Crippen LogP contribution in [0.5, 0.6) is 0 Å². The maximum Gasteiger partial charge on any atom is 0.272 e. The second-order valence-corrected chi connectivity index (χ2v) is 8.42. The van der Waals surface area contributed by atoms with Crippen LogP contribution in [0, 0.1) is 0 Å². The molecule has 0 saturated carbocycles. The fourth-order valence-electron chi connectivity index (χ4n) is 2.91. The van der Waals surface area contributed by atoms with E-state index in [1.807, 2.05) is 13.8 Å². The third kappa shape index (κ3) is 5.01. The number of carbonyl (C=O) groups is 2. The Bertz CT molecular complexity index is 733. The van der Waals surface area contributed by atoms with Gasteiger partial charge in [-0.3, -0.25) is 14.6 Å². The van der Waals surface area contributed by atoms with E-state index in [4.69, 9.17) is 0 Å². The van der Waals surface area contributed by atoms with Crippen molar-refractivity contribution < 1.29 is 18.0 Å². The van der Waals surface area contributed by atoms with Crippen molar-refractivity contribution in [2.45, 2.75) is 39.2 Å². The van der Waals surface area contributed by atoms with Crippen LogP contribution in [0.15, 0.2) is 18.3 Å². The molecular weight excluding hydrogens is 342 g/mol. The first kappa shape index (κ1) is 19.4. The van der Waals surface area contributed by atoms with Crippen LogP contribution in [-0.4, -0.2) is 60.8 Å². The fourth-order valence-corrected chi connectivity index (χ4v) is 4.64. The minimum absolute atomic E-state index is 0.0101. The molecule has 1 saturated heterocycles. The Morgan fingerprint density at radius 3 is 2.72 bits per heavy atom. The van der Waals surface area contributed by atoms with E-state index >= 15 is 0 Å². The highest BCUT2D eigenvalue weighted by Crippen LogP contribution is 2.19. The number of unbranched alkanes of at least 4 members (excludes halogenated alkanes) is 1. The molecule has 2 heterocycles. The summed E-state index contributed by atoms with van der Waals surface area (Å²) in [6, 6.07) is 2.70. The van der Waals surface area contributed by atoms with Crippen molar-refractivity contribution in [2.75, 3.05) is 24.6 Å². The summed E-state index contributed by atoms with van der Waals surface area (Å²) in [5.41, 5.74) is 0.541. The molecule has 1 fully saturated rings. The molecule has 0 aromatic carbocycles. The molecular formula is C17H25N3O4S. The third-order valence-electron chi connectivity index (χ3n) is 4.31. The number of nitrogens with one attached hydrogen (secondary N) is 1. The van der Waals surface area contributed by atoms with Gasteiger partial charge in [-0.15, -0.1) is 0 Å². The first-order valence-electron chi connectivity index (χ1n) is 8.63. The molecule has 1 aromatic heterocycles. The maximum atomic E-state index is 12.7. The van der Waals surface area contributed by atoms with Gasteiger partial charge in [0.05, 0.1) is 11.5 Å². The summed E-state index contributed by atoms with van der Waals surface area (Å²) in [5, 5.41) is 2.80.